The van der Waals surface area contributed by atoms with E-state index >= 15 is 0 Å². The lowest BCUT2D eigenvalue weighted by Crippen LogP contribution is -2.00. The van der Waals surface area contributed by atoms with Crippen molar-refractivity contribution in [3.8, 4) is 0 Å². The molecule has 0 bridgehead atoms. The summed E-state index contributed by atoms with van der Waals surface area (Å²) < 4.78 is 0. The first-order valence-corrected chi connectivity index (χ1v) is 4.48. The molecular weight excluding hydrogens is 122 g/mol. The van der Waals surface area contributed by atoms with Gasteiger partial charge < -0.3 is 0 Å². The topological polar surface area (TPSA) is 23.8 Å². The predicted molar refractivity (Wildman–Crippen MR) is 45.9 cm³/mol. The Balaban J connectivity index is 2.77. The Hall–Kier alpha value is -0.0400. The van der Waals surface area contributed by atoms with Crippen LogP contribution in [0.4, 0.5) is 0 Å². The third-order valence-electron chi connectivity index (χ3n) is 1.74. The third kappa shape index (κ3) is 7.96. The van der Waals surface area contributed by atoms with E-state index in [0.717, 1.165) is 6.42 Å². The summed E-state index contributed by atoms with van der Waals surface area (Å²) in [5.74, 6) is 0. The van der Waals surface area contributed by atoms with Gasteiger partial charge >= 0.3 is 0 Å². The molecule has 1 nitrogen and oxygen atoms in total. The monoisotopic (exact) mass is 142 g/mol. The molecule has 0 fully saturated rings. The van der Waals surface area contributed by atoms with Gasteiger partial charge in [-0.3, -0.25) is 5.73 Å². The van der Waals surface area contributed by atoms with E-state index in [4.69, 9.17) is 5.73 Å². The van der Waals surface area contributed by atoms with Gasteiger partial charge in [-0.05, 0) is 13.3 Å². The number of hydrogen-bond donors (Lipinski definition) is 0. The van der Waals surface area contributed by atoms with Crippen LogP contribution in [0.15, 0.2) is 0 Å². The van der Waals surface area contributed by atoms with Crippen molar-refractivity contribution < 1.29 is 0 Å². The van der Waals surface area contributed by atoms with Crippen LogP contribution in [0.1, 0.15) is 52.4 Å². The van der Waals surface area contributed by atoms with Crippen LogP contribution in [0, 0.1) is 0 Å². The first-order valence-electron chi connectivity index (χ1n) is 4.48. The summed E-state index contributed by atoms with van der Waals surface area (Å²) >= 11 is 0. The second kappa shape index (κ2) is 7.07. The highest BCUT2D eigenvalue weighted by molar-refractivity contribution is 4.52. The number of hydrogen-bond acceptors (Lipinski definition) is 0. The van der Waals surface area contributed by atoms with E-state index in [1.807, 2.05) is 6.92 Å². The van der Waals surface area contributed by atoms with Crippen molar-refractivity contribution in [1.29, 1.82) is 0 Å². The Morgan fingerprint density at radius 3 is 2.20 bits per heavy atom. The van der Waals surface area contributed by atoms with E-state index in [1.165, 1.54) is 32.1 Å². The predicted octanol–water partition coefficient (Wildman–Crippen LogP) is 3.02. The molecule has 1 radical (unpaired) electrons. The van der Waals surface area contributed by atoms with Crippen LogP contribution in [0.2, 0.25) is 0 Å². The van der Waals surface area contributed by atoms with Crippen LogP contribution in [-0.4, -0.2) is 6.04 Å². The van der Waals surface area contributed by atoms with E-state index < -0.39 is 0 Å². The Bertz CT molecular complexity index is 59.7. The van der Waals surface area contributed by atoms with Crippen LogP contribution in [0.25, 0.3) is 0 Å². The summed E-state index contributed by atoms with van der Waals surface area (Å²) in [4.78, 5) is 0. The van der Waals surface area contributed by atoms with Gasteiger partial charge in [-0.25, -0.2) is 0 Å². The molecule has 1 unspecified atom stereocenters. The van der Waals surface area contributed by atoms with Crippen LogP contribution >= 0.6 is 0 Å². The van der Waals surface area contributed by atoms with Crippen molar-refractivity contribution in [2.75, 3.05) is 0 Å². The quantitative estimate of drug-likeness (QED) is 0.509. The minimum Gasteiger partial charge on any atom is -0.255 e. The van der Waals surface area contributed by atoms with Crippen molar-refractivity contribution >= 4 is 0 Å². The van der Waals surface area contributed by atoms with Crippen molar-refractivity contribution in [3.63, 3.8) is 0 Å². The molecule has 1 heteroatoms. The summed E-state index contributed by atoms with van der Waals surface area (Å²) in [6.07, 6.45) is 7.72. The lowest BCUT2D eigenvalue weighted by molar-refractivity contribution is 0.555. The number of nitrogens with one attached hydrogen (secondary N) is 1. The highest BCUT2D eigenvalue weighted by atomic mass is 14.6. The normalized spacial score (nSPS) is 13.5. The smallest absolute Gasteiger partial charge is 0.0184 e. The van der Waals surface area contributed by atoms with E-state index in [-0.39, 0.29) is 6.04 Å². The Morgan fingerprint density at radius 1 is 1.10 bits per heavy atom. The molecule has 0 aliphatic rings. The average molecular weight is 142 g/mol. The molecule has 0 saturated heterocycles. The average Bonchev–Trinajstić information content (AvgIpc) is 1.87. The molecule has 0 aliphatic heterocycles. The first-order chi connectivity index (χ1) is 4.77. The summed E-state index contributed by atoms with van der Waals surface area (Å²) in [6.45, 7) is 4.20. The van der Waals surface area contributed by atoms with Gasteiger partial charge in [0.15, 0.2) is 0 Å². The molecule has 0 aromatic carbocycles. The second-order valence-corrected chi connectivity index (χ2v) is 3.10. The Kier molecular flexibility index (Phi) is 7.04. The van der Waals surface area contributed by atoms with Gasteiger partial charge in [0.1, 0.15) is 0 Å². The van der Waals surface area contributed by atoms with E-state index in [2.05, 4.69) is 6.92 Å². The molecule has 0 saturated carbocycles. The Morgan fingerprint density at radius 2 is 1.70 bits per heavy atom. The van der Waals surface area contributed by atoms with Crippen LogP contribution in [-0.2, 0) is 0 Å². The molecule has 1 atom stereocenters. The molecule has 0 aromatic heterocycles. The van der Waals surface area contributed by atoms with E-state index in [9.17, 15) is 0 Å². The van der Waals surface area contributed by atoms with Gasteiger partial charge in [0.25, 0.3) is 0 Å². The molecule has 61 valence electrons. The molecule has 0 amide bonds. The molecule has 0 aliphatic carbocycles. The molecule has 10 heavy (non-hydrogen) atoms. The maximum atomic E-state index is 7.26. The third-order valence-corrected chi connectivity index (χ3v) is 1.74. The first kappa shape index (κ1) is 9.96. The van der Waals surface area contributed by atoms with Gasteiger partial charge in [-0.2, -0.15) is 0 Å². The fourth-order valence-electron chi connectivity index (χ4n) is 1.05. The van der Waals surface area contributed by atoms with Gasteiger partial charge in [-0.1, -0.05) is 39.0 Å². The van der Waals surface area contributed by atoms with Crippen molar-refractivity contribution in [2.45, 2.75) is 58.4 Å². The number of rotatable bonds is 6. The molecule has 0 heterocycles. The molecule has 0 rings (SSSR count). The molecule has 0 spiro atoms. The zero-order valence-electron chi connectivity index (χ0n) is 7.32. The molecule has 1 N–H and O–H groups in total. The maximum absolute atomic E-state index is 7.26. The minimum absolute atomic E-state index is 0.154. The van der Waals surface area contributed by atoms with Crippen LogP contribution in [0.3, 0.4) is 0 Å². The maximum Gasteiger partial charge on any atom is 0.0184 e. The summed E-state index contributed by atoms with van der Waals surface area (Å²) in [5.41, 5.74) is 7.26. The highest BCUT2D eigenvalue weighted by Crippen LogP contribution is 2.06. The second-order valence-electron chi connectivity index (χ2n) is 3.10. The summed E-state index contributed by atoms with van der Waals surface area (Å²) in [6, 6.07) is 0.154. The zero-order chi connectivity index (χ0) is 7.82. The zero-order valence-corrected chi connectivity index (χ0v) is 7.32. The van der Waals surface area contributed by atoms with Gasteiger partial charge in [-0.15, -0.1) is 0 Å². The SMILES string of the molecule is CCCCCCCC(C)[NH]. The van der Waals surface area contributed by atoms with Crippen LogP contribution in [0.5, 0.6) is 0 Å². The fourth-order valence-corrected chi connectivity index (χ4v) is 1.05. The van der Waals surface area contributed by atoms with Crippen molar-refractivity contribution in [2.24, 2.45) is 0 Å². The van der Waals surface area contributed by atoms with Gasteiger partial charge in [0.2, 0.25) is 0 Å². The lowest BCUT2D eigenvalue weighted by Gasteiger charge is -2.02. The van der Waals surface area contributed by atoms with E-state index in [0.29, 0.717) is 0 Å². The van der Waals surface area contributed by atoms with E-state index in [1.54, 1.807) is 0 Å². The summed E-state index contributed by atoms with van der Waals surface area (Å²) in [7, 11) is 0. The van der Waals surface area contributed by atoms with Gasteiger partial charge in [0, 0.05) is 6.04 Å². The molecule has 0 aromatic rings. The lowest BCUT2D eigenvalue weighted by atomic mass is 10.1. The van der Waals surface area contributed by atoms with Gasteiger partial charge in [0.05, 0.1) is 0 Å². The largest absolute Gasteiger partial charge is 0.255 e. The summed E-state index contributed by atoms with van der Waals surface area (Å²) in [5, 5.41) is 0. The fraction of sp³-hybridized carbons (Fsp3) is 1.00. The van der Waals surface area contributed by atoms with Crippen molar-refractivity contribution in [1.82, 2.24) is 5.73 Å². The van der Waals surface area contributed by atoms with Crippen LogP contribution < -0.4 is 5.73 Å². The Labute approximate surface area is 65.0 Å². The van der Waals surface area contributed by atoms with Crippen molar-refractivity contribution in [3.05, 3.63) is 0 Å². The standard InChI is InChI=1S/C9H20N/c1-3-4-5-6-7-8-9(2)10/h9-10H,3-8H2,1-2H3. The number of unbranched alkanes of at least 4 members (excludes halogenated alkanes) is 4. The minimum atomic E-state index is 0.154. The highest BCUT2D eigenvalue weighted by Gasteiger charge is 1.93. The molecular formula is C9H20N.